The van der Waals surface area contributed by atoms with E-state index >= 15 is 0 Å². The minimum absolute atomic E-state index is 0.00820. The van der Waals surface area contributed by atoms with Crippen molar-refractivity contribution in [1.82, 2.24) is 20.1 Å². The van der Waals surface area contributed by atoms with Gasteiger partial charge in [0.15, 0.2) is 0 Å². The molecular weight excluding hydrogens is 276 g/mol. The molecule has 0 radical (unpaired) electrons. The zero-order chi connectivity index (χ0) is 14.1. The number of carbonyl (C=O) groups excluding carboxylic acids is 1. The largest absolute Gasteiger partial charge is 0.356 e. The number of piperidine rings is 1. The van der Waals surface area contributed by atoms with Crippen LogP contribution in [-0.4, -0.2) is 39.1 Å². The molecule has 1 atom stereocenters. The third-order valence-corrected chi connectivity index (χ3v) is 3.95. The highest BCUT2D eigenvalue weighted by atomic mass is 35.5. The monoisotopic (exact) mass is 292 g/mol. The van der Waals surface area contributed by atoms with E-state index in [1.165, 1.54) is 0 Å². The first kappa shape index (κ1) is 13.2. The smallest absolute Gasteiger partial charge is 0.270 e. The van der Waals surface area contributed by atoms with Crippen molar-refractivity contribution in [3.8, 4) is 0 Å². The van der Waals surface area contributed by atoms with Gasteiger partial charge in [0.1, 0.15) is 5.69 Å². The summed E-state index contributed by atoms with van der Waals surface area (Å²) >= 11 is 5.85. The molecule has 6 heteroatoms. The lowest BCUT2D eigenvalue weighted by atomic mass is 9.94. The van der Waals surface area contributed by atoms with Crippen molar-refractivity contribution in [2.75, 3.05) is 13.1 Å². The Morgan fingerprint density at radius 3 is 3.00 bits per heavy atom. The zero-order valence-corrected chi connectivity index (χ0v) is 12.1. The second kappa shape index (κ2) is 5.32. The maximum absolute atomic E-state index is 12.4. The Balaban J connectivity index is 1.73. The average Bonchev–Trinajstić information content (AvgIpc) is 3.07. The summed E-state index contributed by atoms with van der Waals surface area (Å²) in [5.41, 5.74) is 2.65. The predicted molar refractivity (Wildman–Crippen MR) is 77.0 cm³/mol. The number of likely N-dealkylation sites (tertiary alicyclic amines) is 1. The molecule has 1 amide bonds. The number of hydrogen-bond acceptors (Lipinski definition) is 2. The zero-order valence-electron chi connectivity index (χ0n) is 11.3. The predicted octanol–water partition coefficient (Wildman–Crippen LogP) is 2.72. The fraction of sp³-hybridized carbons (Fsp3) is 0.429. The minimum atomic E-state index is 0.00820. The van der Waals surface area contributed by atoms with Crippen molar-refractivity contribution in [1.29, 1.82) is 0 Å². The average molecular weight is 293 g/mol. The first-order valence-corrected chi connectivity index (χ1v) is 7.16. The third-order valence-electron chi connectivity index (χ3n) is 3.73. The van der Waals surface area contributed by atoms with Crippen LogP contribution in [0.3, 0.4) is 0 Å². The van der Waals surface area contributed by atoms with Crippen LogP contribution in [-0.2, 0) is 0 Å². The molecule has 0 aliphatic carbocycles. The second-order valence-corrected chi connectivity index (χ2v) is 5.73. The molecular formula is C14H17ClN4O. The van der Waals surface area contributed by atoms with Gasteiger partial charge in [0, 0.05) is 30.9 Å². The summed E-state index contributed by atoms with van der Waals surface area (Å²) in [5, 5.41) is 7.85. The van der Waals surface area contributed by atoms with E-state index in [4.69, 9.17) is 11.6 Å². The van der Waals surface area contributed by atoms with Gasteiger partial charge >= 0.3 is 0 Å². The molecule has 1 aliphatic heterocycles. The number of carbonyl (C=O) groups is 1. The molecule has 20 heavy (non-hydrogen) atoms. The lowest BCUT2D eigenvalue weighted by Gasteiger charge is -2.31. The van der Waals surface area contributed by atoms with Gasteiger partial charge < -0.3 is 9.88 Å². The Morgan fingerprint density at radius 2 is 2.35 bits per heavy atom. The van der Waals surface area contributed by atoms with Crippen LogP contribution in [0.5, 0.6) is 0 Å². The van der Waals surface area contributed by atoms with Crippen molar-refractivity contribution >= 4 is 17.5 Å². The molecule has 2 aromatic heterocycles. The molecule has 3 heterocycles. The molecule has 0 unspecified atom stereocenters. The minimum Gasteiger partial charge on any atom is -0.356 e. The Labute approximate surface area is 122 Å². The van der Waals surface area contributed by atoms with E-state index in [2.05, 4.69) is 21.2 Å². The topological polar surface area (TPSA) is 64.8 Å². The summed E-state index contributed by atoms with van der Waals surface area (Å²) < 4.78 is 0. The van der Waals surface area contributed by atoms with Crippen molar-refractivity contribution in [2.24, 2.45) is 0 Å². The molecule has 2 aromatic rings. The van der Waals surface area contributed by atoms with Gasteiger partial charge in [0.25, 0.3) is 5.91 Å². The molecule has 0 spiro atoms. The highest BCUT2D eigenvalue weighted by molar-refractivity contribution is 6.30. The lowest BCUT2D eigenvalue weighted by molar-refractivity contribution is 0.0700. The Hall–Kier alpha value is -1.75. The highest BCUT2D eigenvalue weighted by Crippen LogP contribution is 2.27. The van der Waals surface area contributed by atoms with Crippen LogP contribution < -0.4 is 0 Å². The number of rotatable bonds is 2. The molecule has 3 rings (SSSR count). The molecule has 2 N–H and O–H groups in total. The quantitative estimate of drug-likeness (QED) is 0.894. The Bertz CT molecular complexity index is 618. The summed E-state index contributed by atoms with van der Waals surface area (Å²) in [6, 6.07) is 3.73. The van der Waals surface area contributed by atoms with Crippen LogP contribution in [0.15, 0.2) is 18.3 Å². The summed E-state index contributed by atoms with van der Waals surface area (Å²) in [4.78, 5) is 17.2. The van der Waals surface area contributed by atoms with Crippen molar-refractivity contribution in [3.05, 3.63) is 40.4 Å². The molecule has 0 saturated carbocycles. The van der Waals surface area contributed by atoms with Gasteiger partial charge in [0.2, 0.25) is 0 Å². The van der Waals surface area contributed by atoms with E-state index in [0.717, 1.165) is 30.8 Å². The van der Waals surface area contributed by atoms with Crippen molar-refractivity contribution in [2.45, 2.75) is 25.7 Å². The van der Waals surface area contributed by atoms with Crippen LogP contribution in [0, 0.1) is 6.92 Å². The van der Waals surface area contributed by atoms with Gasteiger partial charge in [-0.3, -0.25) is 9.89 Å². The van der Waals surface area contributed by atoms with E-state index in [1.807, 2.05) is 11.8 Å². The third kappa shape index (κ3) is 2.58. The fourth-order valence-electron chi connectivity index (χ4n) is 2.71. The molecule has 0 aromatic carbocycles. The van der Waals surface area contributed by atoms with Gasteiger partial charge in [-0.05, 0) is 31.9 Å². The van der Waals surface area contributed by atoms with E-state index in [1.54, 1.807) is 12.3 Å². The van der Waals surface area contributed by atoms with Crippen LogP contribution >= 0.6 is 11.6 Å². The SMILES string of the molecule is Cc1cc([C@H]2CCCN(C(=O)c3cc(Cl)c[nH]3)C2)n[nH]1. The second-order valence-electron chi connectivity index (χ2n) is 5.30. The van der Waals surface area contributed by atoms with E-state index in [0.29, 0.717) is 23.2 Å². The number of nitrogens with one attached hydrogen (secondary N) is 2. The van der Waals surface area contributed by atoms with E-state index in [9.17, 15) is 4.79 Å². The van der Waals surface area contributed by atoms with Crippen LogP contribution in [0.4, 0.5) is 0 Å². The fourth-order valence-corrected chi connectivity index (χ4v) is 2.88. The summed E-state index contributed by atoms with van der Waals surface area (Å²) in [6.07, 6.45) is 3.70. The van der Waals surface area contributed by atoms with Gasteiger partial charge in [-0.1, -0.05) is 11.6 Å². The highest BCUT2D eigenvalue weighted by Gasteiger charge is 2.27. The van der Waals surface area contributed by atoms with Crippen LogP contribution in [0.1, 0.15) is 40.6 Å². The van der Waals surface area contributed by atoms with Gasteiger partial charge in [-0.25, -0.2) is 0 Å². The number of hydrogen-bond donors (Lipinski definition) is 2. The Kier molecular flexibility index (Phi) is 3.53. The normalized spacial score (nSPS) is 19.3. The molecule has 1 aliphatic rings. The molecule has 5 nitrogen and oxygen atoms in total. The standard InChI is InChI=1S/C14H17ClN4O/c1-9-5-12(18-17-9)10-3-2-4-19(8-10)14(20)13-6-11(15)7-16-13/h5-7,10,16H,2-4,8H2,1H3,(H,17,18)/t10-/m0/s1. The van der Waals surface area contributed by atoms with Crippen molar-refractivity contribution in [3.63, 3.8) is 0 Å². The lowest BCUT2D eigenvalue weighted by Crippen LogP contribution is -2.39. The molecule has 0 bridgehead atoms. The van der Waals surface area contributed by atoms with E-state index < -0.39 is 0 Å². The number of nitrogens with zero attached hydrogens (tertiary/aromatic N) is 2. The number of aryl methyl sites for hydroxylation is 1. The summed E-state index contributed by atoms with van der Waals surface area (Å²) in [7, 11) is 0. The number of H-pyrrole nitrogens is 2. The van der Waals surface area contributed by atoms with E-state index in [-0.39, 0.29) is 5.91 Å². The number of aromatic nitrogens is 3. The van der Waals surface area contributed by atoms with Crippen LogP contribution in [0.2, 0.25) is 5.02 Å². The molecule has 1 fully saturated rings. The maximum atomic E-state index is 12.4. The summed E-state index contributed by atoms with van der Waals surface area (Å²) in [6.45, 7) is 3.48. The van der Waals surface area contributed by atoms with Gasteiger partial charge in [-0.2, -0.15) is 5.10 Å². The number of halogens is 1. The van der Waals surface area contributed by atoms with Gasteiger partial charge in [-0.15, -0.1) is 0 Å². The van der Waals surface area contributed by atoms with Gasteiger partial charge in [0.05, 0.1) is 10.7 Å². The van der Waals surface area contributed by atoms with Crippen LogP contribution in [0.25, 0.3) is 0 Å². The first-order chi connectivity index (χ1) is 9.63. The number of aromatic amines is 2. The maximum Gasteiger partial charge on any atom is 0.270 e. The first-order valence-electron chi connectivity index (χ1n) is 6.78. The Morgan fingerprint density at radius 1 is 1.50 bits per heavy atom. The molecule has 1 saturated heterocycles. The summed E-state index contributed by atoms with van der Waals surface area (Å²) in [5.74, 6) is 0.317. The molecule has 106 valence electrons. The number of amides is 1. The van der Waals surface area contributed by atoms with Crippen molar-refractivity contribution < 1.29 is 4.79 Å².